The second-order valence-electron chi connectivity index (χ2n) is 12.5. The molecular formula is C35H48F4O. The molecule has 0 radical (unpaired) electrons. The molecule has 2 saturated carbocycles. The lowest BCUT2D eigenvalue weighted by Gasteiger charge is -2.30. The topological polar surface area (TPSA) is 9.23 Å². The highest BCUT2D eigenvalue weighted by molar-refractivity contribution is 5.32. The van der Waals surface area contributed by atoms with Crippen LogP contribution in [-0.4, -0.2) is 0 Å². The predicted octanol–water partition coefficient (Wildman–Crippen LogP) is 11.7. The third-order valence-corrected chi connectivity index (χ3v) is 9.67. The quantitative estimate of drug-likeness (QED) is 0.185. The Hall–Kier alpha value is -1.88. The summed E-state index contributed by atoms with van der Waals surface area (Å²) in [5.74, 6) is -0.816. The van der Waals surface area contributed by atoms with E-state index in [1.807, 2.05) is 24.3 Å². The summed E-state index contributed by atoms with van der Waals surface area (Å²) < 4.78 is 65.4. The first-order valence-electron chi connectivity index (χ1n) is 15.9. The minimum atomic E-state index is -3.95. The van der Waals surface area contributed by atoms with Crippen molar-refractivity contribution in [3.05, 3.63) is 70.3 Å². The van der Waals surface area contributed by atoms with Crippen molar-refractivity contribution >= 4 is 0 Å². The van der Waals surface area contributed by atoms with Crippen LogP contribution < -0.4 is 0 Å². The average Bonchev–Trinajstić information content (AvgIpc) is 2.95. The summed E-state index contributed by atoms with van der Waals surface area (Å²) in [5.41, 5.74) is 1.01. The molecule has 40 heavy (non-hydrogen) atoms. The zero-order valence-electron chi connectivity index (χ0n) is 24.7. The molecule has 0 saturated heterocycles. The van der Waals surface area contributed by atoms with Crippen molar-refractivity contribution in [1.82, 2.24) is 0 Å². The summed E-state index contributed by atoms with van der Waals surface area (Å²) in [6.07, 6.45) is 10.9. The fourth-order valence-corrected chi connectivity index (χ4v) is 7.14. The van der Waals surface area contributed by atoms with Gasteiger partial charge in [-0.15, -0.1) is 0 Å². The van der Waals surface area contributed by atoms with Crippen molar-refractivity contribution in [2.45, 2.75) is 135 Å². The Morgan fingerprint density at radius 2 is 1.32 bits per heavy atom. The highest BCUT2D eigenvalue weighted by atomic mass is 19.3. The normalized spacial score (nSPS) is 24.7. The van der Waals surface area contributed by atoms with Gasteiger partial charge in [-0.2, -0.15) is 8.78 Å². The highest BCUT2D eigenvalue weighted by Crippen LogP contribution is 2.43. The molecule has 4 rings (SSSR count). The van der Waals surface area contributed by atoms with Crippen LogP contribution in [0.3, 0.4) is 0 Å². The molecule has 1 unspecified atom stereocenters. The lowest BCUT2D eigenvalue weighted by Crippen LogP contribution is -2.23. The largest absolute Gasteiger partial charge is 0.386 e. The van der Waals surface area contributed by atoms with E-state index in [-0.39, 0.29) is 11.5 Å². The van der Waals surface area contributed by atoms with Crippen LogP contribution in [0, 0.1) is 23.5 Å². The third kappa shape index (κ3) is 7.69. The summed E-state index contributed by atoms with van der Waals surface area (Å²) in [6.45, 7) is 5.92. The van der Waals surface area contributed by atoms with E-state index in [1.165, 1.54) is 69.9 Å². The van der Waals surface area contributed by atoms with E-state index in [1.54, 1.807) is 0 Å². The summed E-state index contributed by atoms with van der Waals surface area (Å²) >= 11 is 0. The minimum Gasteiger partial charge on any atom is -0.309 e. The third-order valence-electron chi connectivity index (χ3n) is 9.67. The first-order valence-corrected chi connectivity index (χ1v) is 15.9. The Bertz CT molecular complexity index is 1050. The highest BCUT2D eigenvalue weighted by Gasteiger charge is 2.40. The molecule has 2 aromatic rings. The maximum Gasteiger partial charge on any atom is 0.386 e. The Morgan fingerprint density at radius 3 is 1.93 bits per heavy atom. The molecule has 0 N–H and O–H groups in total. The van der Waals surface area contributed by atoms with Gasteiger partial charge in [0.15, 0.2) is 11.6 Å². The molecule has 222 valence electrons. The van der Waals surface area contributed by atoms with E-state index in [0.29, 0.717) is 17.4 Å². The standard InChI is InChI=1S/C35H48F4O/c1-4-6-7-9-26-10-14-28(15-11-26)29-20-18-27(19-21-29)24(3)40-35(38,39)32-23-22-31(33(36)34(32)37)30-16-12-25(8-5-2)13-17-30/h18-26,28,30H,4-17H2,1-3H3. The molecule has 1 atom stereocenters. The van der Waals surface area contributed by atoms with E-state index < -0.39 is 29.4 Å². The number of unbranched alkanes of at least 4 members (excludes halogenated alkanes) is 2. The van der Waals surface area contributed by atoms with Crippen LogP contribution in [0.25, 0.3) is 0 Å². The molecular weight excluding hydrogens is 512 g/mol. The smallest absolute Gasteiger partial charge is 0.309 e. The molecule has 2 aliphatic rings. The van der Waals surface area contributed by atoms with Gasteiger partial charge in [-0.3, -0.25) is 0 Å². The number of ether oxygens (including phenoxy) is 1. The molecule has 0 amide bonds. The molecule has 1 nitrogen and oxygen atoms in total. The van der Waals surface area contributed by atoms with Gasteiger partial charge in [0.1, 0.15) is 0 Å². The molecule has 0 aliphatic heterocycles. The predicted molar refractivity (Wildman–Crippen MR) is 155 cm³/mol. The van der Waals surface area contributed by atoms with Gasteiger partial charge < -0.3 is 4.74 Å². The van der Waals surface area contributed by atoms with E-state index in [9.17, 15) is 0 Å². The van der Waals surface area contributed by atoms with Gasteiger partial charge in [-0.1, -0.05) is 82.7 Å². The second-order valence-corrected chi connectivity index (χ2v) is 12.5. The summed E-state index contributed by atoms with van der Waals surface area (Å²) in [6, 6.07) is 10.0. The zero-order chi connectivity index (χ0) is 28.7. The number of benzene rings is 2. The minimum absolute atomic E-state index is 0.125. The molecule has 0 aromatic heterocycles. The van der Waals surface area contributed by atoms with E-state index >= 15 is 17.6 Å². The van der Waals surface area contributed by atoms with Gasteiger partial charge in [0.05, 0.1) is 11.7 Å². The van der Waals surface area contributed by atoms with Crippen LogP contribution in [0.5, 0.6) is 0 Å². The number of alkyl halides is 2. The van der Waals surface area contributed by atoms with Crippen LogP contribution in [-0.2, 0) is 10.8 Å². The summed E-state index contributed by atoms with van der Waals surface area (Å²) in [4.78, 5) is 0. The first-order chi connectivity index (χ1) is 19.2. The van der Waals surface area contributed by atoms with Crippen molar-refractivity contribution in [1.29, 1.82) is 0 Å². The lowest BCUT2D eigenvalue weighted by atomic mass is 9.77. The second kappa shape index (κ2) is 14.3. The maximum absolute atomic E-state index is 15.1. The van der Waals surface area contributed by atoms with Crippen LogP contribution in [0.2, 0.25) is 0 Å². The number of hydrogen-bond acceptors (Lipinski definition) is 1. The van der Waals surface area contributed by atoms with Crippen LogP contribution in [0.4, 0.5) is 17.6 Å². The van der Waals surface area contributed by atoms with Crippen LogP contribution in [0.15, 0.2) is 36.4 Å². The van der Waals surface area contributed by atoms with Crippen molar-refractivity contribution in [3.8, 4) is 0 Å². The molecule has 2 aromatic carbocycles. The van der Waals surface area contributed by atoms with Crippen molar-refractivity contribution < 1.29 is 22.3 Å². The number of hydrogen-bond donors (Lipinski definition) is 0. The van der Waals surface area contributed by atoms with Crippen molar-refractivity contribution in [2.75, 3.05) is 0 Å². The Kier molecular flexibility index (Phi) is 11.1. The molecule has 2 aliphatic carbocycles. The van der Waals surface area contributed by atoms with Crippen molar-refractivity contribution in [3.63, 3.8) is 0 Å². The number of rotatable bonds is 12. The molecule has 5 heteroatoms. The first kappa shape index (κ1) is 31.1. The monoisotopic (exact) mass is 560 g/mol. The maximum atomic E-state index is 15.1. The van der Waals surface area contributed by atoms with Gasteiger partial charge in [0.25, 0.3) is 0 Å². The molecule has 2 fully saturated rings. The average molecular weight is 561 g/mol. The molecule has 0 spiro atoms. The number of halogens is 4. The van der Waals surface area contributed by atoms with E-state index in [2.05, 4.69) is 13.8 Å². The lowest BCUT2D eigenvalue weighted by molar-refractivity contribution is -0.273. The summed E-state index contributed by atoms with van der Waals surface area (Å²) in [7, 11) is 0. The van der Waals surface area contributed by atoms with E-state index in [4.69, 9.17) is 4.74 Å². The van der Waals surface area contributed by atoms with Gasteiger partial charge in [-0.25, -0.2) is 8.78 Å². The van der Waals surface area contributed by atoms with Gasteiger partial charge in [-0.05, 0) is 105 Å². The van der Waals surface area contributed by atoms with Crippen LogP contribution >= 0.6 is 0 Å². The summed E-state index contributed by atoms with van der Waals surface area (Å²) in [5, 5.41) is 0. The van der Waals surface area contributed by atoms with Crippen molar-refractivity contribution in [2.24, 2.45) is 11.8 Å². The fourth-order valence-electron chi connectivity index (χ4n) is 7.14. The van der Waals surface area contributed by atoms with Gasteiger partial charge in [0, 0.05) is 0 Å². The Balaban J connectivity index is 1.35. The Labute approximate surface area is 239 Å². The van der Waals surface area contributed by atoms with Gasteiger partial charge in [0.2, 0.25) is 0 Å². The molecule has 0 heterocycles. The van der Waals surface area contributed by atoms with Gasteiger partial charge >= 0.3 is 6.11 Å². The SMILES string of the molecule is CCCCCC1CCC(c2ccc(C(C)OC(F)(F)c3ccc(C4CCC(CCC)CC4)c(F)c3F)cc2)CC1. The molecule has 0 bridgehead atoms. The Morgan fingerprint density at radius 1 is 0.725 bits per heavy atom. The fraction of sp³-hybridized carbons (Fsp3) is 0.657. The zero-order valence-corrected chi connectivity index (χ0v) is 24.7. The van der Waals surface area contributed by atoms with Crippen LogP contribution in [0.1, 0.15) is 151 Å². The van der Waals surface area contributed by atoms with E-state index in [0.717, 1.165) is 50.5 Å².